The number of carbonyl (C=O) groups excluding carboxylic acids is 1. The van der Waals surface area contributed by atoms with Gasteiger partial charge in [-0.3, -0.25) is 4.79 Å². The maximum atomic E-state index is 12.6. The standard InChI is InChI=1S/C18H22N4O2.2ClH/c1-18(19)10-3-2-8-15(18)17(23)21-13-6-4-7-14(12-13)24-16-9-5-11-20-22-16;;/h4-7,9,11-12,15H,2-3,8,10,19H2,1H3,(H,21,23);2*1H. The highest BCUT2D eigenvalue weighted by Crippen LogP contribution is 2.32. The Morgan fingerprint density at radius 1 is 1.27 bits per heavy atom. The third-order valence-electron chi connectivity index (χ3n) is 4.44. The number of nitrogens with two attached hydrogens (primary N) is 1. The van der Waals surface area contributed by atoms with Gasteiger partial charge in [-0.25, -0.2) is 0 Å². The second-order valence-electron chi connectivity index (χ2n) is 6.49. The lowest BCUT2D eigenvalue weighted by Gasteiger charge is -2.37. The monoisotopic (exact) mass is 398 g/mol. The van der Waals surface area contributed by atoms with Crippen LogP contribution in [0.2, 0.25) is 0 Å². The van der Waals surface area contributed by atoms with E-state index in [1.165, 1.54) is 0 Å². The predicted octanol–water partition coefficient (Wildman–Crippen LogP) is 3.96. The Morgan fingerprint density at radius 3 is 2.77 bits per heavy atom. The molecule has 0 bridgehead atoms. The van der Waals surface area contributed by atoms with Gasteiger partial charge in [0.15, 0.2) is 0 Å². The minimum absolute atomic E-state index is 0. The number of benzene rings is 1. The highest BCUT2D eigenvalue weighted by Gasteiger charge is 2.37. The van der Waals surface area contributed by atoms with Crippen LogP contribution in [0.15, 0.2) is 42.6 Å². The quantitative estimate of drug-likeness (QED) is 0.812. The fourth-order valence-electron chi connectivity index (χ4n) is 3.12. The first kappa shape index (κ1) is 22.2. The van der Waals surface area contributed by atoms with Gasteiger partial charge in [-0.2, -0.15) is 5.10 Å². The molecule has 1 amide bonds. The molecule has 2 aromatic rings. The van der Waals surface area contributed by atoms with E-state index in [0.29, 0.717) is 17.3 Å². The van der Waals surface area contributed by atoms with E-state index in [2.05, 4.69) is 15.5 Å². The molecular formula is C18H24Cl2N4O2. The van der Waals surface area contributed by atoms with Crippen molar-refractivity contribution in [2.75, 3.05) is 5.32 Å². The molecule has 2 atom stereocenters. The Balaban J connectivity index is 0.00000169. The van der Waals surface area contributed by atoms with Crippen LogP contribution in [0.3, 0.4) is 0 Å². The van der Waals surface area contributed by atoms with Gasteiger partial charge in [0.05, 0.1) is 5.92 Å². The fraction of sp³-hybridized carbons (Fsp3) is 0.389. The van der Waals surface area contributed by atoms with Gasteiger partial charge in [-0.15, -0.1) is 29.9 Å². The van der Waals surface area contributed by atoms with Crippen LogP contribution in [0.4, 0.5) is 5.69 Å². The van der Waals surface area contributed by atoms with Gasteiger partial charge in [0.25, 0.3) is 0 Å². The number of aromatic nitrogens is 2. The van der Waals surface area contributed by atoms with Crippen molar-refractivity contribution in [1.29, 1.82) is 0 Å². The van der Waals surface area contributed by atoms with E-state index < -0.39 is 5.54 Å². The second kappa shape index (κ2) is 9.71. The Bertz CT molecular complexity index is 713. The summed E-state index contributed by atoms with van der Waals surface area (Å²) >= 11 is 0. The Labute approximate surface area is 165 Å². The average molecular weight is 399 g/mol. The molecule has 0 radical (unpaired) electrons. The van der Waals surface area contributed by atoms with Crippen molar-refractivity contribution >= 4 is 36.4 Å². The van der Waals surface area contributed by atoms with E-state index in [1.807, 2.05) is 19.1 Å². The SMILES string of the molecule is CC1(N)CCCCC1C(=O)Nc1cccc(Oc2cccnn2)c1.Cl.Cl. The average Bonchev–Trinajstić information content (AvgIpc) is 2.55. The number of ether oxygens (including phenoxy) is 1. The van der Waals surface area contributed by atoms with E-state index >= 15 is 0 Å². The first-order valence-corrected chi connectivity index (χ1v) is 8.20. The van der Waals surface area contributed by atoms with Gasteiger partial charge in [-0.1, -0.05) is 18.9 Å². The molecule has 1 saturated carbocycles. The van der Waals surface area contributed by atoms with Crippen molar-refractivity contribution in [2.24, 2.45) is 11.7 Å². The molecular weight excluding hydrogens is 375 g/mol. The zero-order valence-electron chi connectivity index (χ0n) is 14.6. The molecule has 1 heterocycles. The summed E-state index contributed by atoms with van der Waals surface area (Å²) in [7, 11) is 0. The van der Waals surface area contributed by atoms with Gasteiger partial charge < -0.3 is 15.8 Å². The summed E-state index contributed by atoms with van der Waals surface area (Å²) < 4.78 is 5.64. The number of nitrogens with zero attached hydrogens (tertiary/aromatic N) is 2. The Hall–Kier alpha value is -1.89. The van der Waals surface area contributed by atoms with Crippen LogP contribution in [0.25, 0.3) is 0 Å². The normalized spacial score (nSPS) is 21.7. The first-order valence-electron chi connectivity index (χ1n) is 8.20. The van der Waals surface area contributed by atoms with E-state index in [9.17, 15) is 4.79 Å². The molecule has 1 aromatic heterocycles. The molecule has 6 nitrogen and oxygen atoms in total. The largest absolute Gasteiger partial charge is 0.437 e. The van der Waals surface area contributed by atoms with E-state index in [-0.39, 0.29) is 36.6 Å². The van der Waals surface area contributed by atoms with Crippen molar-refractivity contribution < 1.29 is 9.53 Å². The third kappa shape index (κ3) is 5.56. The van der Waals surface area contributed by atoms with Gasteiger partial charge >= 0.3 is 0 Å². The molecule has 8 heteroatoms. The number of halogens is 2. The molecule has 3 N–H and O–H groups in total. The molecule has 1 fully saturated rings. The van der Waals surface area contributed by atoms with Crippen LogP contribution in [-0.2, 0) is 4.79 Å². The molecule has 1 aliphatic rings. The molecule has 26 heavy (non-hydrogen) atoms. The number of anilines is 1. The maximum absolute atomic E-state index is 12.6. The minimum Gasteiger partial charge on any atom is -0.437 e. The number of nitrogens with one attached hydrogen (secondary N) is 1. The molecule has 2 unspecified atom stereocenters. The summed E-state index contributed by atoms with van der Waals surface area (Å²) in [6.45, 7) is 1.96. The lowest BCUT2D eigenvalue weighted by atomic mass is 9.74. The minimum atomic E-state index is -0.448. The zero-order chi connectivity index (χ0) is 17.0. The lowest BCUT2D eigenvalue weighted by Crippen LogP contribution is -2.51. The zero-order valence-corrected chi connectivity index (χ0v) is 16.2. The van der Waals surface area contributed by atoms with Crippen LogP contribution in [0.5, 0.6) is 11.6 Å². The maximum Gasteiger partial charge on any atom is 0.238 e. The van der Waals surface area contributed by atoms with Crippen molar-refractivity contribution in [2.45, 2.75) is 38.1 Å². The number of hydrogen-bond donors (Lipinski definition) is 2. The topological polar surface area (TPSA) is 90.1 Å². The van der Waals surface area contributed by atoms with Crippen molar-refractivity contribution in [3.8, 4) is 11.6 Å². The summed E-state index contributed by atoms with van der Waals surface area (Å²) in [5, 5.41) is 10.6. The van der Waals surface area contributed by atoms with Crippen LogP contribution in [0.1, 0.15) is 32.6 Å². The molecule has 0 saturated heterocycles. The van der Waals surface area contributed by atoms with Crippen LogP contribution in [0, 0.1) is 5.92 Å². The Morgan fingerprint density at radius 2 is 2.08 bits per heavy atom. The summed E-state index contributed by atoms with van der Waals surface area (Å²) in [6.07, 6.45) is 5.41. The van der Waals surface area contributed by atoms with E-state index in [4.69, 9.17) is 10.5 Å². The molecule has 3 rings (SSSR count). The van der Waals surface area contributed by atoms with Gasteiger partial charge in [0.1, 0.15) is 5.75 Å². The summed E-state index contributed by atoms with van der Waals surface area (Å²) in [6, 6.07) is 10.7. The van der Waals surface area contributed by atoms with Crippen molar-refractivity contribution in [3.63, 3.8) is 0 Å². The van der Waals surface area contributed by atoms with Gasteiger partial charge in [0, 0.05) is 29.6 Å². The molecule has 1 aliphatic carbocycles. The van der Waals surface area contributed by atoms with E-state index in [1.54, 1.807) is 30.5 Å². The number of amides is 1. The third-order valence-corrected chi connectivity index (χ3v) is 4.44. The van der Waals surface area contributed by atoms with Gasteiger partial charge in [0.2, 0.25) is 11.8 Å². The molecule has 0 aliphatic heterocycles. The molecule has 0 spiro atoms. The Kier molecular flexibility index (Phi) is 8.27. The highest BCUT2D eigenvalue weighted by molar-refractivity contribution is 5.93. The summed E-state index contributed by atoms with van der Waals surface area (Å²) in [4.78, 5) is 12.6. The van der Waals surface area contributed by atoms with Crippen LogP contribution in [-0.4, -0.2) is 21.6 Å². The fourth-order valence-corrected chi connectivity index (χ4v) is 3.12. The van der Waals surface area contributed by atoms with Crippen molar-refractivity contribution in [3.05, 3.63) is 42.6 Å². The summed E-state index contributed by atoms with van der Waals surface area (Å²) in [5.41, 5.74) is 6.54. The smallest absolute Gasteiger partial charge is 0.238 e. The van der Waals surface area contributed by atoms with Crippen molar-refractivity contribution in [1.82, 2.24) is 10.2 Å². The van der Waals surface area contributed by atoms with E-state index in [0.717, 1.165) is 25.7 Å². The number of rotatable bonds is 4. The summed E-state index contributed by atoms with van der Waals surface area (Å²) in [5.74, 6) is 0.794. The predicted molar refractivity (Wildman–Crippen MR) is 106 cm³/mol. The highest BCUT2D eigenvalue weighted by atomic mass is 35.5. The first-order chi connectivity index (χ1) is 11.5. The van der Waals surface area contributed by atoms with Crippen LogP contribution >= 0.6 is 24.8 Å². The number of carbonyl (C=O) groups is 1. The lowest BCUT2D eigenvalue weighted by molar-refractivity contribution is -0.122. The molecule has 1 aromatic carbocycles. The second-order valence-corrected chi connectivity index (χ2v) is 6.49. The van der Waals surface area contributed by atoms with Crippen LogP contribution < -0.4 is 15.8 Å². The number of hydrogen-bond acceptors (Lipinski definition) is 5. The molecule has 142 valence electrons. The van der Waals surface area contributed by atoms with Gasteiger partial charge in [-0.05, 0) is 38.0 Å².